The van der Waals surface area contributed by atoms with E-state index >= 15 is 0 Å². The first kappa shape index (κ1) is 15.7. The molecule has 1 fully saturated rings. The summed E-state index contributed by atoms with van der Waals surface area (Å²) in [6.07, 6.45) is 2.77. The first-order chi connectivity index (χ1) is 10.1. The number of nitrogens with two attached hydrogens (primary N) is 1. The highest BCUT2D eigenvalue weighted by Gasteiger charge is 2.18. The smallest absolute Gasteiger partial charge is 0.272 e. The molecule has 1 aromatic rings. The molecule has 21 heavy (non-hydrogen) atoms. The highest BCUT2D eigenvalue weighted by molar-refractivity contribution is 5.92. The molecule has 1 aliphatic rings. The summed E-state index contributed by atoms with van der Waals surface area (Å²) in [7, 11) is 3.49. The number of hydrogen-bond acceptors (Lipinski definition) is 5. The predicted molar refractivity (Wildman–Crippen MR) is 84.6 cm³/mol. The van der Waals surface area contributed by atoms with Crippen LogP contribution in [0.5, 0.6) is 0 Å². The van der Waals surface area contributed by atoms with Gasteiger partial charge in [0.1, 0.15) is 5.69 Å². The Morgan fingerprint density at radius 3 is 2.67 bits per heavy atom. The van der Waals surface area contributed by atoms with Crippen molar-refractivity contribution >= 4 is 11.6 Å². The minimum atomic E-state index is -0.0570. The van der Waals surface area contributed by atoms with E-state index in [1.54, 1.807) is 25.2 Å². The summed E-state index contributed by atoms with van der Waals surface area (Å²) in [4.78, 5) is 22.4. The van der Waals surface area contributed by atoms with Crippen molar-refractivity contribution in [3.8, 4) is 0 Å². The van der Waals surface area contributed by atoms with E-state index in [1.165, 1.54) is 0 Å². The fourth-order valence-electron chi connectivity index (χ4n) is 2.51. The van der Waals surface area contributed by atoms with Crippen LogP contribution >= 0.6 is 0 Å². The molecule has 0 unspecified atom stereocenters. The monoisotopic (exact) mass is 291 g/mol. The van der Waals surface area contributed by atoms with Gasteiger partial charge in [-0.2, -0.15) is 0 Å². The number of aromatic nitrogens is 1. The molecule has 0 spiro atoms. The molecule has 0 aliphatic carbocycles. The van der Waals surface area contributed by atoms with Gasteiger partial charge in [-0.1, -0.05) is 0 Å². The molecule has 1 saturated heterocycles. The SMILES string of the molecule is CN(C)C(=O)c1cc(N2CCN(CCCN)CC2)ccn1. The van der Waals surface area contributed by atoms with Gasteiger partial charge in [-0.15, -0.1) is 0 Å². The Kier molecular flexibility index (Phi) is 5.52. The van der Waals surface area contributed by atoms with Crippen LogP contribution in [0.15, 0.2) is 18.3 Å². The fourth-order valence-corrected chi connectivity index (χ4v) is 2.51. The lowest BCUT2D eigenvalue weighted by Crippen LogP contribution is -2.47. The molecule has 0 saturated carbocycles. The molecule has 2 N–H and O–H groups in total. The third kappa shape index (κ3) is 4.15. The lowest BCUT2D eigenvalue weighted by Gasteiger charge is -2.36. The third-order valence-corrected chi connectivity index (χ3v) is 3.78. The van der Waals surface area contributed by atoms with Gasteiger partial charge in [-0.3, -0.25) is 14.7 Å². The maximum Gasteiger partial charge on any atom is 0.272 e. The zero-order valence-corrected chi connectivity index (χ0v) is 13.0. The van der Waals surface area contributed by atoms with Crippen molar-refractivity contribution in [3.05, 3.63) is 24.0 Å². The van der Waals surface area contributed by atoms with Crippen molar-refractivity contribution in [3.63, 3.8) is 0 Å². The number of piperazine rings is 1. The quantitative estimate of drug-likeness (QED) is 0.842. The van der Waals surface area contributed by atoms with Gasteiger partial charge >= 0.3 is 0 Å². The van der Waals surface area contributed by atoms with Gasteiger partial charge in [0.05, 0.1) is 0 Å². The number of carbonyl (C=O) groups excluding carboxylic acids is 1. The molecule has 6 heteroatoms. The summed E-state index contributed by atoms with van der Waals surface area (Å²) in [6.45, 7) is 5.86. The van der Waals surface area contributed by atoms with Gasteiger partial charge in [0.15, 0.2) is 0 Å². The van der Waals surface area contributed by atoms with Crippen molar-refractivity contribution in [1.29, 1.82) is 0 Å². The first-order valence-electron chi connectivity index (χ1n) is 7.47. The van der Waals surface area contributed by atoms with E-state index in [9.17, 15) is 4.79 Å². The van der Waals surface area contributed by atoms with Gasteiger partial charge in [-0.25, -0.2) is 0 Å². The van der Waals surface area contributed by atoms with Crippen LogP contribution < -0.4 is 10.6 Å². The van der Waals surface area contributed by atoms with Crippen LogP contribution in [0.1, 0.15) is 16.9 Å². The van der Waals surface area contributed by atoms with Gasteiger partial charge in [0.25, 0.3) is 5.91 Å². The Bertz CT molecular complexity index is 469. The number of nitrogens with zero attached hydrogens (tertiary/aromatic N) is 4. The van der Waals surface area contributed by atoms with E-state index < -0.39 is 0 Å². The van der Waals surface area contributed by atoms with Crippen LogP contribution in [-0.2, 0) is 0 Å². The maximum absolute atomic E-state index is 12.0. The minimum absolute atomic E-state index is 0.0570. The molecular weight excluding hydrogens is 266 g/mol. The molecular formula is C15H25N5O. The van der Waals surface area contributed by atoms with Crippen molar-refractivity contribution in [2.24, 2.45) is 5.73 Å². The van der Waals surface area contributed by atoms with Gasteiger partial charge in [-0.05, 0) is 31.6 Å². The summed E-state index contributed by atoms with van der Waals surface area (Å²) >= 11 is 0. The van der Waals surface area contributed by atoms with Crippen molar-refractivity contribution in [1.82, 2.24) is 14.8 Å². The number of anilines is 1. The van der Waals surface area contributed by atoms with Gasteiger partial charge in [0, 0.05) is 52.2 Å². The van der Waals surface area contributed by atoms with Crippen LogP contribution in [0.4, 0.5) is 5.69 Å². The number of rotatable bonds is 5. The largest absolute Gasteiger partial charge is 0.369 e. The number of carbonyl (C=O) groups is 1. The van der Waals surface area contributed by atoms with Gasteiger partial charge < -0.3 is 15.5 Å². The van der Waals surface area contributed by atoms with Crippen LogP contribution in [0.2, 0.25) is 0 Å². The number of pyridine rings is 1. The van der Waals surface area contributed by atoms with E-state index in [-0.39, 0.29) is 5.91 Å². The molecule has 2 rings (SSSR count). The molecule has 116 valence electrons. The second-order valence-electron chi connectivity index (χ2n) is 5.57. The van der Waals surface area contributed by atoms with Crippen LogP contribution in [0.25, 0.3) is 0 Å². The lowest BCUT2D eigenvalue weighted by atomic mass is 10.2. The topological polar surface area (TPSA) is 65.7 Å². The van der Waals surface area contributed by atoms with Crippen LogP contribution in [0, 0.1) is 0 Å². The Balaban J connectivity index is 1.97. The average molecular weight is 291 g/mol. The molecule has 2 heterocycles. The molecule has 0 atom stereocenters. The number of amides is 1. The van der Waals surface area contributed by atoms with Crippen molar-refractivity contribution in [2.45, 2.75) is 6.42 Å². The summed E-state index contributed by atoms with van der Waals surface area (Å²) < 4.78 is 0. The zero-order chi connectivity index (χ0) is 15.2. The third-order valence-electron chi connectivity index (χ3n) is 3.78. The van der Waals surface area contributed by atoms with Crippen molar-refractivity contribution in [2.75, 3.05) is 58.3 Å². The van der Waals surface area contributed by atoms with E-state index in [2.05, 4.69) is 14.8 Å². The average Bonchev–Trinajstić information content (AvgIpc) is 2.52. The molecule has 0 radical (unpaired) electrons. The number of hydrogen-bond donors (Lipinski definition) is 1. The maximum atomic E-state index is 12.0. The second kappa shape index (κ2) is 7.38. The normalized spacial score (nSPS) is 16.0. The molecule has 1 aliphatic heterocycles. The van der Waals surface area contributed by atoms with E-state index in [1.807, 2.05) is 12.1 Å². The molecule has 0 aromatic carbocycles. The molecule has 6 nitrogen and oxygen atoms in total. The minimum Gasteiger partial charge on any atom is -0.369 e. The Hall–Kier alpha value is -1.66. The lowest BCUT2D eigenvalue weighted by molar-refractivity contribution is 0.0822. The second-order valence-corrected chi connectivity index (χ2v) is 5.57. The highest BCUT2D eigenvalue weighted by Crippen LogP contribution is 2.17. The molecule has 1 aromatic heterocycles. The van der Waals surface area contributed by atoms with E-state index in [0.717, 1.165) is 51.4 Å². The van der Waals surface area contributed by atoms with E-state index in [0.29, 0.717) is 5.69 Å². The summed E-state index contributed by atoms with van der Waals surface area (Å²) in [5.41, 5.74) is 7.13. The molecule has 1 amide bonds. The highest BCUT2D eigenvalue weighted by atomic mass is 16.2. The van der Waals surface area contributed by atoms with Crippen LogP contribution in [-0.4, -0.2) is 74.1 Å². The standard InChI is InChI=1S/C15H25N5O/c1-18(2)15(21)14-12-13(4-6-17-14)20-10-8-19(9-11-20)7-3-5-16/h4,6,12H,3,5,7-11,16H2,1-2H3. The first-order valence-corrected chi connectivity index (χ1v) is 7.47. The summed E-state index contributed by atoms with van der Waals surface area (Å²) in [6, 6.07) is 3.86. The zero-order valence-electron chi connectivity index (χ0n) is 13.0. The summed E-state index contributed by atoms with van der Waals surface area (Å²) in [5.74, 6) is -0.0570. The molecule has 0 bridgehead atoms. The van der Waals surface area contributed by atoms with Crippen LogP contribution in [0.3, 0.4) is 0 Å². The van der Waals surface area contributed by atoms with E-state index in [4.69, 9.17) is 5.73 Å². The fraction of sp³-hybridized carbons (Fsp3) is 0.600. The Morgan fingerprint density at radius 2 is 2.05 bits per heavy atom. The van der Waals surface area contributed by atoms with Gasteiger partial charge in [0.2, 0.25) is 0 Å². The predicted octanol–water partition coefficient (Wildman–Crippen LogP) is 0.254. The summed E-state index contributed by atoms with van der Waals surface area (Å²) in [5, 5.41) is 0. The Morgan fingerprint density at radius 1 is 1.33 bits per heavy atom. The van der Waals surface area contributed by atoms with Crippen molar-refractivity contribution < 1.29 is 4.79 Å². The Labute approximate surface area is 126 Å².